The van der Waals surface area contributed by atoms with Crippen molar-refractivity contribution in [2.24, 2.45) is 17.8 Å². The molecule has 0 aromatic heterocycles. The predicted molar refractivity (Wildman–Crippen MR) is 41.2 cm³/mol. The first-order valence-corrected chi connectivity index (χ1v) is 3.81. The van der Waals surface area contributed by atoms with Crippen LogP contribution in [-0.4, -0.2) is 0 Å². The van der Waals surface area contributed by atoms with E-state index in [1.54, 1.807) is 5.57 Å². The quantitative estimate of drug-likeness (QED) is 0.471. The normalized spacial score (nSPS) is 34.1. The van der Waals surface area contributed by atoms with Crippen molar-refractivity contribution in [1.29, 1.82) is 0 Å². The van der Waals surface area contributed by atoms with Gasteiger partial charge in [0.2, 0.25) is 0 Å². The van der Waals surface area contributed by atoms with E-state index in [9.17, 15) is 0 Å². The molecular weight excluding hydrogens is 108 g/mol. The summed E-state index contributed by atoms with van der Waals surface area (Å²) in [6.45, 7) is 9.15. The van der Waals surface area contributed by atoms with Crippen LogP contribution in [-0.2, 0) is 0 Å². The van der Waals surface area contributed by atoms with Gasteiger partial charge in [0.15, 0.2) is 0 Å². The Morgan fingerprint density at radius 2 is 2.00 bits per heavy atom. The van der Waals surface area contributed by atoms with Gasteiger partial charge in [0.1, 0.15) is 0 Å². The molecule has 0 amide bonds. The topological polar surface area (TPSA) is 0 Å². The Morgan fingerprint density at radius 1 is 1.44 bits per heavy atom. The van der Waals surface area contributed by atoms with Gasteiger partial charge in [-0.1, -0.05) is 32.4 Å². The van der Waals surface area contributed by atoms with Crippen molar-refractivity contribution in [3.8, 4) is 0 Å². The first kappa shape index (κ1) is 6.85. The lowest BCUT2D eigenvalue weighted by Crippen LogP contribution is -2.25. The summed E-state index contributed by atoms with van der Waals surface area (Å²) in [6.07, 6.45) is 2.37. The predicted octanol–water partition coefficient (Wildman–Crippen LogP) is 2.85. The number of allylic oxidation sites excluding steroid dienone is 2. The van der Waals surface area contributed by atoms with Crippen molar-refractivity contribution in [1.82, 2.24) is 0 Å². The maximum Gasteiger partial charge on any atom is -0.0122 e. The summed E-state index contributed by atoms with van der Waals surface area (Å²) < 4.78 is 0. The van der Waals surface area contributed by atoms with Gasteiger partial charge in [0.25, 0.3) is 0 Å². The first-order chi connectivity index (χ1) is 4.13. The van der Waals surface area contributed by atoms with Gasteiger partial charge < -0.3 is 0 Å². The monoisotopic (exact) mass is 124 g/mol. The van der Waals surface area contributed by atoms with Gasteiger partial charge in [-0.25, -0.2) is 0 Å². The second-order valence-electron chi connectivity index (χ2n) is 3.54. The van der Waals surface area contributed by atoms with Crippen LogP contribution in [0.2, 0.25) is 0 Å². The lowest BCUT2D eigenvalue weighted by Gasteiger charge is -2.35. The second-order valence-corrected chi connectivity index (χ2v) is 3.54. The molecule has 0 nitrogen and oxygen atoms in total. The maximum atomic E-state index is 2.37. The summed E-state index contributed by atoms with van der Waals surface area (Å²) in [5, 5.41) is 0. The van der Waals surface area contributed by atoms with Crippen LogP contribution in [0.3, 0.4) is 0 Å². The van der Waals surface area contributed by atoms with E-state index in [2.05, 4.69) is 33.8 Å². The van der Waals surface area contributed by atoms with E-state index in [-0.39, 0.29) is 0 Å². The van der Waals surface area contributed by atoms with E-state index in [1.807, 2.05) is 0 Å². The first-order valence-electron chi connectivity index (χ1n) is 3.81. The van der Waals surface area contributed by atoms with Gasteiger partial charge in [-0.3, -0.25) is 0 Å². The van der Waals surface area contributed by atoms with E-state index in [1.165, 1.54) is 0 Å². The van der Waals surface area contributed by atoms with Crippen molar-refractivity contribution in [3.63, 3.8) is 0 Å². The molecule has 0 N–H and O–H groups in total. The fraction of sp³-hybridized carbons (Fsp3) is 0.778. The highest BCUT2D eigenvalue weighted by Crippen LogP contribution is 2.37. The van der Waals surface area contributed by atoms with E-state index in [0.29, 0.717) is 0 Å². The highest BCUT2D eigenvalue weighted by molar-refractivity contribution is 5.19. The minimum Gasteiger partial charge on any atom is -0.0818 e. The van der Waals surface area contributed by atoms with Crippen LogP contribution in [0.25, 0.3) is 0 Å². The zero-order chi connectivity index (χ0) is 7.02. The molecule has 0 aliphatic heterocycles. The van der Waals surface area contributed by atoms with Crippen molar-refractivity contribution >= 4 is 0 Å². The van der Waals surface area contributed by atoms with Crippen LogP contribution in [0, 0.1) is 17.8 Å². The van der Waals surface area contributed by atoms with Gasteiger partial charge >= 0.3 is 0 Å². The molecule has 1 aliphatic carbocycles. The van der Waals surface area contributed by atoms with Crippen molar-refractivity contribution in [2.45, 2.75) is 27.7 Å². The molecule has 1 aliphatic rings. The van der Waals surface area contributed by atoms with Crippen molar-refractivity contribution in [3.05, 3.63) is 11.6 Å². The molecule has 0 saturated carbocycles. The van der Waals surface area contributed by atoms with Crippen molar-refractivity contribution in [2.75, 3.05) is 0 Å². The fourth-order valence-corrected chi connectivity index (χ4v) is 2.06. The molecule has 0 radical (unpaired) electrons. The molecular formula is C9H16. The Bertz CT molecular complexity index is 131. The third kappa shape index (κ3) is 1.03. The number of hydrogen-bond donors (Lipinski definition) is 0. The van der Waals surface area contributed by atoms with Crippen molar-refractivity contribution < 1.29 is 0 Å². The number of rotatable bonds is 1. The van der Waals surface area contributed by atoms with E-state index in [0.717, 1.165) is 17.8 Å². The summed E-state index contributed by atoms with van der Waals surface area (Å²) in [4.78, 5) is 0. The van der Waals surface area contributed by atoms with E-state index >= 15 is 0 Å². The van der Waals surface area contributed by atoms with E-state index < -0.39 is 0 Å². The molecule has 52 valence electrons. The van der Waals surface area contributed by atoms with Crippen LogP contribution in [0.4, 0.5) is 0 Å². The molecule has 1 rings (SSSR count). The smallest absolute Gasteiger partial charge is 0.0122 e. The van der Waals surface area contributed by atoms with Gasteiger partial charge in [0.05, 0.1) is 0 Å². The van der Waals surface area contributed by atoms with E-state index in [4.69, 9.17) is 0 Å². The molecule has 9 heavy (non-hydrogen) atoms. The average molecular weight is 124 g/mol. The standard InChI is InChI=1S/C9H16/c1-6(2)9-7(3)5-8(9)4/h5-7,9H,1-4H3. The van der Waals surface area contributed by atoms with Gasteiger partial charge in [-0.15, -0.1) is 0 Å². The molecule has 0 aromatic rings. The second kappa shape index (κ2) is 2.17. The summed E-state index contributed by atoms with van der Waals surface area (Å²) in [5.41, 5.74) is 1.59. The lowest BCUT2D eigenvalue weighted by molar-refractivity contribution is 0.321. The zero-order valence-electron chi connectivity index (χ0n) is 6.81. The Hall–Kier alpha value is -0.260. The van der Waals surface area contributed by atoms with Crippen LogP contribution >= 0.6 is 0 Å². The summed E-state index contributed by atoms with van der Waals surface area (Å²) in [7, 11) is 0. The van der Waals surface area contributed by atoms with Gasteiger partial charge in [-0.05, 0) is 24.7 Å². The Morgan fingerprint density at radius 3 is 2.11 bits per heavy atom. The maximum absolute atomic E-state index is 2.37. The highest BCUT2D eigenvalue weighted by Gasteiger charge is 2.27. The SMILES string of the molecule is CC1=CC(C)C1C(C)C. The van der Waals surface area contributed by atoms with Gasteiger partial charge in [-0.2, -0.15) is 0 Å². The minimum absolute atomic E-state index is 0.838. The van der Waals surface area contributed by atoms with Crippen LogP contribution in [0.5, 0.6) is 0 Å². The molecule has 0 bridgehead atoms. The van der Waals surface area contributed by atoms with Crippen LogP contribution in [0.1, 0.15) is 27.7 Å². The summed E-state index contributed by atoms with van der Waals surface area (Å²) in [5.74, 6) is 2.56. The van der Waals surface area contributed by atoms with Crippen LogP contribution < -0.4 is 0 Å². The molecule has 0 saturated heterocycles. The molecule has 2 unspecified atom stereocenters. The largest absolute Gasteiger partial charge is 0.0818 e. The minimum atomic E-state index is 0.838. The third-order valence-electron chi connectivity index (χ3n) is 2.34. The molecule has 0 fully saturated rings. The summed E-state index contributed by atoms with van der Waals surface area (Å²) >= 11 is 0. The molecule has 0 spiro atoms. The fourth-order valence-electron chi connectivity index (χ4n) is 2.06. The van der Waals surface area contributed by atoms with Crippen LogP contribution in [0.15, 0.2) is 11.6 Å². The highest BCUT2D eigenvalue weighted by atomic mass is 14.3. The molecule has 2 atom stereocenters. The Balaban J connectivity index is 2.56. The lowest BCUT2D eigenvalue weighted by atomic mass is 9.70. The molecule has 0 aromatic carbocycles. The molecule has 0 heterocycles. The average Bonchev–Trinajstić information content (AvgIpc) is 1.62. The Kier molecular flexibility index (Phi) is 1.65. The Labute approximate surface area is 58.0 Å². The summed E-state index contributed by atoms with van der Waals surface area (Å²) in [6, 6.07) is 0. The number of hydrogen-bond acceptors (Lipinski definition) is 0. The molecule has 0 heteroatoms. The third-order valence-corrected chi connectivity index (χ3v) is 2.34. The zero-order valence-corrected chi connectivity index (χ0v) is 6.81. The van der Waals surface area contributed by atoms with Gasteiger partial charge in [0, 0.05) is 0 Å².